The molecule has 0 fully saturated rings. The van der Waals surface area contributed by atoms with Crippen molar-refractivity contribution in [1.29, 1.82) is 0 Å². The summed E-state index contributed by atoms with van der Waals surface area (Å²) in [6.07, 6.45) is 0. The van der Waals surface area contributed by atoms with Gasteiger partial charge in [-0.25, -0.2) is 9.59 Å². The number of H-pyrrole nitrogens is 2. The van der Waals surface area contributed by atoms with Gasteiger partial charge in [0.05, 0.1) is 30.8 Å². The van der Waals surface area contributed by atoms with E-state index in [0.29, 0.717) is 34.0 Å². The van der Waals surface area contributed by atoms with Crippen molar-refractivity contribution >= 4 is 27.9 Å². The maximum Gasteiger partial charge on any atom is 0.337 e. The summed E-state index contributed by atoms with van der Waals surface area (Å²) >= 11 is 0. The van der Waals surface area contributed by atoms with E-state index in [1.807, 2.05) is 24.3 Å². The number of hydrogen-bond donors (Lipinski definition) is 2. The van der Waals surface area contributed by atoms with Crippen LogP contribution in [0.15, 0.2) is 52.1 Å². The highest BCUT2D eigenvalue weighted by Gasteiger charge is 2.17. The van der Waals surface area contributed by atoms with Crippen LogP contribution in [0, 0.1) is 0 Å². The summed E-state index contributed by atoms with van der Waals surface area (Å²) in [7, 11) is 2.90. The number of esters is 1. The fraction of sp³-hybridized carbons (Fsp3) is 0.150. The van der Waals surface area contributed by atoms with Crippen LogP contribution in [0.5, 0.6) is 5.75 Å². The van der Waals surface area contributed by atoms with Gasteiger partial charge in [-0.1, -0.05) is 12.1 Å². The molecule has 28 heavy (non-hydrogen) atoms. The third kappa shape index (κ3) is 2.84. The number of rotatable bonds is 4. The van der Waals surface area contributed by atoms with Crippen molar-refractivity contribution in [2.24, 2.45) is 0 Å². The van der Waals surface area contributed by atoms with E-state index in [4.69, 9.17) is 9.47 Å². The van der Waals surface area contributed by atoms with Crippen molar-refractivity contribution in [3.63, 3.8) is 0 Å². The first kappa shape index (κ1) is 17.6. The molecule has 0 aliphatic carbocycles. The topological polar surface area (TPSA) is 106 Å². The number of hydrogen-bond acceptors (Lipinski definition) is 5. The summed E-state index contributed by atoms with van der Waals surface area (Å²) < 4.78 is 11.7. The van der Waals surface area contributed by atoms with Gasteiger partial charge in [0.25, 0.3) is 5.56 Å². The van der Waals surface area contributed by atoms with Crippen LogP contribution in [0.2, 0.25) is 0 Å². The van der Waals surface area contributed by atoms with Gasteiger partial charge in [0, 0.05) is 11.9 Å². The standard InChI is InChI=1S/C20H17N3O5/c1-27-13-6-3-11(4-7-13)10-23-15-9-12(19(25)28-2)5-8-14(15)16-17(23)18(24)22-20(26)21-16/h3-9H,10H2,1-2H3,(H2,21,22,24,26). The second kappa shape index (κ2) is 6.73. The van der Waals surface area contributed by atoms with Gasteiger partial charge < -0.3 is 19.0 Å². The van der Waals surface area contributed by atoms with Crippen LogP contribution in [0.25, 0.3) is 21.9 Å². The van der Waals surface area contributed by atoms with Crippen molar-refractivity contribution in [3.8, 4) is 5.75 Å². The molecule has 142 valence electrons. The molecule has 8 nitrogen and oxygen atoms in total. The zero-order valence-corrected chi connectivity index (χ0v) is 15.2. The molecule has 0 saturated heterocycles. The Bertz CT molecular complexity index is 1310. The van der Waals surface area contributed by atoms with E-state index in [1.165, 1.54) is 7.11 Å². The highest BCUT2D eigenvalue weighted by molar-refractivity contribution is 6.07. The molecule has 0 unspecified atom stereocenters. The minimum Gasteiger partial charge on any atom is -0.497 e. The molecule has 0 spiro atoms. The third-order valence-corrected chi connectivity index (χ3v) is 4.67. The number of nitrogens with zero attached hydrogens (tertiary/aromatic N) is 1. The predicted molar refractivity (Wildman–Crippen MR) is 104 cm³/mol. The number of aromatic amines is 2. The van der Waals surface area contributed by atoms with Crippen molar-refractivity contribution in [3.05, 3.63) is 74.4 Å². The number of nitrogens with one attached hydrogen (secondary N) is 2. The molecule has 4 aromatic rings. The molecule has 2 heterocycles. The minimum atomic E-state index is -0.585. The van der Waals surface area contributed by atoms with E-state index in [2.05, 4.69) is 9.97 Å². The first-order valence-corrected chi connectivity index (χ1v) is 8.51. The Morgan fingerprint density at radius 3 is 2.46 bits per heavy atom. The van der Waals surface area contributed by atoms with Gasteiger partial charge >= 0.3 is 11.7 Å². The summed E-state index contributed by atoms with van der Waals surface area (Å²) in [5.74, 6) is 0.242. The fourth-order valence-corrected chi connectivity index (χ4v) is 3.34. The van der Waals surface area contributed by atoms with Crippen LogP contribution in [0.1, 0.15) is 15.9 Å². The Hall–Kier alpha value is -3.81. The Balaban J connectivity index is 2.00. The molecule has 0 amide bonds. The normalized spacial score (nSPS) is 11.1. The Morgan fingerprint density at radius 2 is 1.79 bits per heavy atom. The van der Waals surface area contributed by atoms with Crippen molar-refractivity contribution < 1.29 is 14.3 Å². The van der Waals surface area contributed by atoms with Crippen LogP contribution in [-0.4, -0.2) is 34.7 Å². The van der Waals surface area contributed by atoms with Gasteiger partial charge in [-0.2, -0.15) is 0 Å². The third-order valence-electron chi connectivity index (χ3n) is 4.67. The molecule has 0 saturated carbocycles. The first-order chi connectivity index (χ1) is 13.5. The summed E-state index contributed by atoms with van der Waals surface area (Å²) in [4.78, 5) is 41.3. The number of aromatic nitrogens is 3. The molecule has 4 rings (SSSR count). The lowest BCUT2D eigenvalue weighted by atomic mass is 10.1. The Labute approximate surface area is 158 Å². The molecule has 0 atom stereocenters. The van der Waals surface area contributed by atoms with Gasteiger partial charge in [0.1, 0.15) is 11.3 Å². The zero-order valence-electron chi connectivity index (χ0n) is 15.2. The average Bonchev–Trinajstić information content (AvgIpc) is 3.01. The molecule has 0 radical (unpaired) electrons. The molecule has 2 N–H and O–H groups in total. The van der Waals surface area contributed by atoms with Crippen LogP contribution < -0.4 is 16.0 Å². The second-order valence-corrected chi connectivity index (χ2v) is 6.29. The Kier molecular flexibility index (Phi) is 4.23. The first-order valence-electron chi connectivity index (χ1n) is 8.51. The molecular weight excluding hydrogens is 362 g/mol. The van der Waals surface area contributed by atoms with Gasteiger partial charge in [0.15, 0.2) is 0 Å². The summed E-state index contributed by atoms with van der Waals surface area (Å²) in [6, 6.07) is 12.4. The summed E-state index contributed by atoms with van der Waals surface area (Å²) in [6.45, 7) is 0.365. The fourth-order valence-electron chi connectivity index (χ4n) is 3.34. The molecule has 0 aliphatic heterocycles. The molecular formula is C20H17N3O5. The van der Waals surface area contributed by atoms with Crippen LogP contribution in [-0.2, 0) is 11.3 Å². The molecule has 8 heteroatoms. The lowest BCUT2D eigenvalue weighted by Gasteiger charge is -2.09. The van der Waals surface area contributed by atoms with Crippen LogP contribution in [0.3, 0.4) is 0 Å². The van der Waals surface area contributed by atoms with Crippen LogP contribution in [0.4, 0.5) is 0 Å². The Morgan fingerprint density at radius 1 is 1.04 bits per heavy atom. The smallest absolute Gasteiger partial charge is 0.337 e. The van der Waals surface area contributed by atoms with Gasteiger partial charge in [-0.3, -0.25) is 9.78 Å². The molecule has 2 aromatic heterocycles. The SMILES string of the molecule is COC(=O)c1ccc2c3[nH]c(=O)[nH]c(=O)c3n(Cc3ccc(OC)cc3)c2c1. The van der Waals surface area contributed by atoms with E-state index in [9.17, 15) is 14.4 Å². The second-order valence-electron chi connectivity index (χ2n) is 6.29. The highest BCUT2D eigenvalue weighted by Crippen LogP contribution is 2.27. The number of carbonyl (C=O) groups is 1. The van der Waals surface area contributed by atoms with Gasteiger partial charge in [-0.05, 0) is 35.9 Å². The quantitative estimate of drug-likeness (QED) is 0.528. The summed E-state index contributed by atoms with van der Waals surface area (Å²) in [5, 5.41) is 0.666. The maximum atomic E-state index is 12.5. The maximum absolute atomic E-state index is 12.5. The molecule has 0 bridgehead atoms. The van der Waals surface area contributed by atoms with Crippen molar-refractivity contribution in [2.45, 2.75) is 6.54 Å². The largest absolute Gasteiger partial charge is 0.497 e. The number of methoxy groups -OCH3 is 2. The minimum absolute atomic E-state index is 0.326. The lowest BCUT2D eigenvalue weighted by Crippen LogP contribution is -2.23. The summed E-state index contributed by atoms with van der Waals surface area (Å²) in [5.41, 5.74) is 1.59. The van der Waals surface area contributed by atoms with Crippen molar-refractivity contribution in [1.82, 2.24) is 14.5 Å². The van der Waals surface area contributed by atoms with E-state index < -0.39 is 17.2 Å². The number of ether oxygens (including phenoxy) is 2. The van der Waals surface area contributed by atoms with Crippen molar-refractivity contribution in [2.75, 3.05) is 14.2 Å². The molecule has 0 aliphatic rings. The number of fused-ring (bicyclic) bond motifs is 3. The number of benzene rings is 2. The van der Waals surface area contributed by atoms with Crippen LogP contribution >= 0.6 is 0 Å². The lowest BCUT2D eigenvalue weighted by molar-refractivity contribution is 0.0601. The van der Waals surface area contributed by atoms with E-state index in [-0.39, 0.29) is 0 Å². The molecule has 2 aromatic carbocycles. The van der Waals surface area contributed by atoms with E-state index in [1.54, 1.807) is 29.9 Å². The van der Waals surface area contributed by atoms with E-state index in [0.717, 1.165) is 11.3 Å². The average molecular weight is 379 g/mol. The highest BCUT2D eigenvalue weighted by atomic mass is 16.5. The monoisotopic (exact) mass is 379 g/mol. The van der Waals surface area contributed by atoms with Gasteiger partial charge in [0.2, 0.25) is 0 Å². The predicted octanol–water partition coefficient (Wildman–Crippen LogP) is 2.01. The zero-order chi connectivity index (χ0) is 19.8. The number of carbonyl (C=O) groups excluding carboxylic acids is 1. The van der Waals surface area contributed by atoms with E-state index >= 15 is 0 Å². The van der Waals surface area contributed by atoms with Gasteiger partial charge in [-0.15, -0.1) is 0 Å².